The standard InChI is InChI=1S/C21H19ClN4O4.C7H8O3S/c1-29-19-10-17-13(9-14(19)20(23)27)18(6-7-24-17)30-12-4-5-16(15(22)8-12)26-21(28)25-11-2-3-11;1-6-2-4-7(5-3-6)11(8,9)10/h4-11H,2-3H2,1H3,(H2,23,27)(H2,25,26,28);2-5H,1H3,(H,8,9,10). The molecule has 13 heteroatoms. The van der Waals surface area contributed by atoms with Crippen LogP contribution in [0.25, 0.3) is 10.9 Å². The van der Waals surface area contributed by atoms with Gasteiger partial charge in [-0.3, -0.25) is 14.3 Å². The van der Waals surface area contributed by atoms with Gasteiger partial charge in [0.05, 0.1) is 33.8 Å². The van der Waals surface area contributed by atoms with E-state index in [-0.39, 0.29) is 22.5 Å². The number of ether oxygens (including phenoxy) is 2. The van der Waals surface area contributed by atoms with Gasteiger partial charge < -0.3 is 25.8 Å². The molecule has 1 aliphatic carbocycles. The van der Waals surface area contributed by atoms with Crippen molar-refractivity contribution in [2.75, 3.05) is 12.4 Å². The molecule has 11 nitrogen and oxygen atoms in total. The number of aromatic nitrogens is 1. The lowest BCUT2D eigenvalue weighted by Crippen LogP contribution is -2.30. The van der Waals surface area contributed by atoms with Crippen LogP contribution >= 0.6 is 11.6 Å². The van der Waals surface area contributed by atoms with E-state index in [4.69, 9.17) is 31.4 Å². The number of primary amides is 1. The first-order valence-electron chi connectivity index (χ1n) is 12.3. The molecular weight excluding hydrogens is 572 g/mol. The summed E-state index contributed by atoms with van der Waals surface area (Å²) in [6.45, 7) is 1.84. The highest BCUT2D eigenvalue weighted by atomic mass is 35.5. The van der Waals surface area contributed by atoms with Crippen molar-refractivity contribution < 1.29 is 32.0 Å². The van der Waals surface area contributed by atoms with Crippen LogP contribution in [0, 0.1) is 6.92 Å². The van der Waals surface area contributed by atoms with E-state index < -0.39 is 16.0 Å². The molecule has 0 atom stereocenters. The number of methoxy groups -OCH3 is 1. The van der Waals surface area contributed by atoms with Crippen molar-refractivity contribution in [1.82, 2.24) is 10.3 Å². The van der Waals surface area contributed by atoms with Crippen molar-refractivity contribution in [3.05, 3.63) is 83.0 Å². The second-order valence-electron chi connectivity index (χ2n) is 9.15. The maximum atomic E-state index is 11.9. The smallest absolute Gasteiger partial charge is 0.319 e. The molecule has 0 unspecified atom stereocenters. The molecule has 5 rings (SSSR count). The summed E-state index contributed by atoms with van der Waals surface area (Å²) in [4.78, 5) is 27.9. The Morgan fingerprint density at radius 2 is 1.76 bits per heavy atom. The maximum absolute atomic E-state index is 11.9. The minimum atomic E-state index is -4.02. The quantitative estimate of drug-likeness (QED) is 0.207. The van der Waals surface area contributed by atoms with Crippen LogP contribution in [0.1, 0.15) is 28.8 Å². The molecule has 3 amide bonds. The number of aryl methyl sites for hydroxylation is 1. The molecule has 0 radical (unpaired) electrons. The van der Waals surface area contributed by atoms with Crippen LogP contribution in [0.5, 0.6) is 17.2 Å². The van der Waals surface area contributed by atoms with Crippen molar-refractivity contribution in [2.24, 2.45) is 5.73 Å². The normalized spacial score (nSPS) is 12.6. The second-order valence-corrected chi connectivity index (χ2v) is 11.0. The van der Waals surface area contributed by atoms with Crippen LogP contribution in [-0.4, -0.2) is 43.0 Å². The number of anilines is 1. The highest BCUT2D eigenvalue weighted by Crippen LogP contribution is 2.35. The predicted molar refractivity (Wildman–Crippen MR) is 155 cm³/mol. The fourth-order valence-electron chi connectivity index (χ4n) is 3.67. The van der Waals surface area contributed by atoms with Gasteiger partial charge in [-0.1, -0.05) is 29.3 Å². The highest BCUT2D eigenvalue weighted by molar-refractivity contribution is 7.85. The zero-order valence-electron chi connectivity index (χ0n) is 22.0. The van der Waals surface area contributed by atoms with Crippen LogP contribution in [0.2, 0.25) is 5.02 Å². The van der Waals surface area contributed by atoms with Gasteiger partial charge in [-0.15, -0.1) is 0 Å². The van der Waals surface area contributed by atoms with Gasteiger partial charge in [-0.05, 0) is 56.2 Å². The number of nitrogens with zero attached hydrogens (tertiary/aromatic N) is 1. The molecule has 1 fully saturated rings. The summed E-state index contributed by atoms with van der Waals surface area (Å²) in [5.41, 5.74) is 7.69. The van der Waals surface area contributed by atoms with Gasteiger partial charge >= 0.3 is 6.03 Å². The third-order valence-electron chi connectivity index (χ3n) is 5.94. The Hall–Kier alpha value is -4.39. The largest absolute Gasteiger partial charge is 0.496 e. The zero-order valence-corrected chi connectivity index (χ0v) is 23.6. The van der Waals surface area contributed by atoms with Gasteiger partial charge in [0, 0.05) is 29.8 Å². The number of nitrogens with two attached hydrogens (primary N) is 1. The zero-order chi connectivity index (χ0) is 29.7. The lowest BCUT2D eigenvalue weighted by atomic mass is 10.1. The number of hydrogen-bond donors (Lipinski definition) is 4. The lowest BCUT2D eigenvalue weighted by molar-refractivity contribution is 0.0997. The third-order valence-corrected chi connectivity index (χ3v) is 7.12. The van der Waals surface area contributed by atoms with Gasteiger partial charge in [0.2, 0.25) is 0 Å². The van der Waals surface area contributed by atoms with Crippen molar-refractivity contribution >= 4 is 50.2 Å². The average molecular weight is 599 g/mol. The van der Waals surface area contributed by atoms with E-state index >= 15 is 0 Å². The number of carbonyl (C=O) groups excluding carboxylic acids is 2. The number of carbonyl (C=O) groups is 2. The van der Waals surface area contributed by atoms with E-state index in [9.17, 15) is 18.0 Å². The number of halogens is 1. The fourth-order valence-corrected chi connectivity index (χ4v) is 4.37. The van der Waals surface area contributed by atoms with Crippen molar-refractivity contribution in [3.8, 4) is 17.2 Å². The first-order valence-corrected chi connectivity index (χ1v) is 14.1. The van der Waals surface area contributed by atoms with Gasteiger partial charge in [-0.2, -0.15) is 8.42 Å². The maximum Gasteiger partial charge on any atom is 0.319 e. The average Bonchev–Trinajstić information content (AvgIpc) is 3.73. The molecule has 214 valence electrons. The van der Waals surface area contributed by atoms with E-state index in [0.717, 1.165) is 18.4 Å². The van der Waals surface area contributed by atoms with Crippen LogP contribution in [-0.2, 0) is 10.1 Å². The van der Waals surface area contributed by atoms with E-state index in [1.807, 2.05) is 6.92 Å². The monoisotopic (exact) mass is 598 g/mol. The summed E-state index contributed by atoms with van der Waals surface area (Å²) >= 11 is 6.30. The van der Waals surface area contributed by atoms with Gasteiger partial charge in [0.25, 0.3) is 16.0 Å². The van der Waals surface area contributed by atoms with Crippen molar-refractivity contribution in [2.45, 2.75) is 30.7 Å². The molecule has 1 heterocycles. The predicted octanol–water partition coefficient (Wildman–Crippen LogP) is 5.31. The summed E-state index contributed by atoms with van der Waals surface area (Å²) in [5.74, 6) is 0.639. The number of nitrogens with one attached hydrogen (secondary N) is 2. The molecule has 1 aliphatic rings. The summed E-state index contributed by atoms with van der Waals surface area (Å²) in [5, 5.41) is 6.48. The van der Waals surface area contributed by atoms with Crippen LogP contribution in [0.4, 0.5) is 10.5 Å². The van der Waals surface area contributed by atoms with Crippen LogP contribution in [0.15, 0.2) is 71.8 Å². The van der Waals surface area contributed by atoms with E-state index in [2.05, 4.69) is 15.6 Å². The first-order chi connectivity index (χ1) is 19.4. The summed E-state index contributed by atoms with van der Waals surface area (Å²) in [6, 6.07) is 15.8. The van der Waals surface area contributed by atoms with Crippen molar-refractivity contribution in [1.29, 1.82) is 0 Å². The van der Waals surface area contributed by atoms with E-state index in [1.54, 1.807) is 54.7 Å². The van der Waals surface area contributed by atoms with Crippen LogP contribution < -0.4 is 25.8 Å². The third kappa shape index (κ3) is 7.84. The molecular formula is C28H27ClN4O7S. The topological polar surface area (TPSA) is 170 Å². The summed E-state index contributed by atoms with van der Waals surface area (Å²) < 4.78 is 40.7. The SMILES string of the molecule is COc1cc2nccc(Oc3ccc(NC(=O)NC4CC4)c(Cl)c3)c2cc1C(N)=O.Cc1ccc(S(=O)(=O)O)cc1. The number of amides is 3. The number of benzene rings is 3. The molecule has 4 aromatic rings. The highest BCUT2D eigenvalue weighted by Gasteiger charge is 2.23. The second kappa shape index (κ2) is 12.4. The fraction of sp³-hybridized carbons (Fsp3) is 0.179. The Kier molecular flexibility index (Phi) is 8.96. The molecule has 5 N–H and O–H groups in total. The van der Waals surface area contributed by atoms with E-state index in [1.165, 1.54) is 19.2 Å². The Balaban J connectivity index is 0.000000296. The van der Waals surface area contributed by atoms with Gasteiger partial charge in [-0.25, -0.2) is 4.79 Å². The number of fused-ring (bicyclic) bond motifs is 1. The molecule has 3 aromatic carbocycles. The molecule has 0 spiro atoms. The summed E-state index contributed by atoms with van der Waals surface area (Å²) in [6.07, 6.45) is 3.58. The number of urea groups is 1. The molecule has 41 heavy (non-hydrogen) atoms. The molecule has 0 bridgehead atoms. The number of pyridine rings is 1. The molecule has 1 aromatic heterocycles. The Morgan fingerprint density at radius 3 is 2.34 bits per heavy atom. The molecule has 1 saturated carbocycles. The lowest BCUT2D eigenvalue weighted by Gasteiger charge is -2.13. The van der Waals surface area contributed by atoms with Crippen LogP contribution in [0.3, 0.4) is 0 Å². The summed E-state index contributed by atoms with van der Waals surface area (Å²) in [7, 11) is -2.56. The Morgan fingerprint density at radius 1 is 1.05 bits per heavy atom. The van der Waals surface area contributed by atoms with Crippen molar-refractivity contribution in [3.63, 3.8) is 0 Å². The molecule has 0 aliphatic heterocycles. The number of hydrogen-bond acceptors (Lipinski definition) is 7. The molecule has 0 saturated heterocycles. The van der Waals surface area contributed by atoms with E-state index in [0.29, 0.717) is 38.9 Å². The minimum Gasteiger partial charge on any atom is -0.496 e. The number of rotatable bonds is 7. The minimum absolute atomic E-state index is 0.0666. The van der Waals surface area contributed by atoms with Gasteiger partial charge in [0.1, 0.15) is 17.2 Å². The Labute approximate surface area is 241 Å². The Bertz CT molecular complexity index is 1710. The van der Waals surface area contributed by atoms with Gasteiger partial charge in [0.15, 0.2) is 0 Å². The first kappa shape index (κ1) is 29.6.